The second-order valence-electron chi connectivity index (χ2n) is 4.91. The van der Waals surface area contributed by atoms with Crippen molar-refractivity contribution in [2.24, 2.45) is 4.99 Å². The van der Waals surface area contributed by atoms with Gasteiger partial charge in [-0.15, -0.1) is 0 Å². The van der Waals surface area contributed by atoms with E-state index in [1.54, 1.807) is 6.20 Å². The summed E-state index contributed by atoms with van der Waals surface area (Å²) in [6.45, 7) is 2.04. The molecule has 0 spiro atoms. The topological polar surface area (TPSA) is 42.5 Å². The minimum atomic E-state index is 0.849. The summed E-state index contributed by atoms with van der Waals surface area (Å²) in [5, 5.41) is 3.41. The molecule has 4 heteroatoms. The number of imidazole rings is 1. The normalized spacial score (nSPS) is 13.8. The number of pyridine rings is 2. The SMILES string of the molecule is C/C=c1\c(=NC)n2c3ncccc3nc2c2ccccc12. The summed E-state index contributed by atoms with van der Waals surface area (Å²) in [5.41, 5.74) is 3.54. The first-order valence-electron chi connectivity index (χ1n) is 6.92. The highest BCUT2D eigenvalue weighted by molar-refractivity contribution is 5.97. The van der Waals surface area contributed by atoms with Gasteiger partial charge in [-0.1, -0.05) is 30.3 Å². The van der Waals surface area contributed by atoms with Crippen molar-refractivity contribution in [2.75, 3.05) is 7.05 Å². The summed E-state index contributed by atoms with van der Waals surface area (Å²) < 4.78 is 2.05. The van der Waals surface area contributed by atoms with E-state index in [0.29, 0.717) is 0 Å². The van der Waals surface area contributed by atoms with Crippen LogP contribution in [0.4, 0.5) is 0 Å². The first-order valence-corrected chi connectivity index (χ1v) is 6.92. The van der Waals surface area contributed by atoms with Crippen molar-refractivity contribution in [2.45, 2.75) is 6.92 Å². The van der Waals surface area contributed by atoms with Crippen LogP contribution in [0.3, 0.4) is 0 Å². The highest BCUT2D eigenvalue weighted by atomic mass is 15.1. The van der Waals surface area contributed by atoms with Crippen LogP contribution < -0.4 is 10.7 Å². The number of hydrogen-bond donors (Lipinski definition) is 0. The van der Waals surface area contributed by atoms with Gasteiger partial charge in [0, 0.05) is 23.8 Å². The first kappa shape index (κ1) is 12.0. The molecular formula is C17H14N4. The maximum absolute atomic E-state index is 4.75. The summed E-state index contributed by atoms with van der Waals surface area (Å²) in [6, 6.07) is 12.2. The van der Waals surface area contributed by atoms with E-state index in [4.69, 9.17) is 4.98 Å². The summed E-state index contributed by atoms with van der Waals surface area (Å²) >= 11 is 0. The monoisotopic (exact) mass is 274 g/mol. The lowest BCUT2D eigenvalue weighted by molar-refractivity contribution is 1.04. The van der Waals surface area contributed by atoms with Crippen LogP contribution in [0.2, 0.25) is 0 Å². The van der Waals surface area contributed by atoms with Crippen molar-refractivity contribution < 1.29 is 0 Å². The minimum Gasteiger partial charge on any atom is -0.271 e. The van der Waals surface area contributed by atoms with E-state index in [1.807, 2.05) is 42.6 Å². The maximum atomic E-state index is 4.75. The molecule has 0 aliphatic carbocycles. The van der Waals surface area contributed by atoms with Gasteiger partial charge in [-0.2, -0.15) is 0 Å². The predicted octanol–water partition coefficient (Wildman–Crippen LogP) is 2.09. The van der Waals surface area contributed by atoms with Crippen LogP contribution in [0.1, 0.15) is 6.92 Å². The average molecular weight is 274 g/mol. The van der Waals surface area contributed by atoms with E-state index in [2.05, 4.69) is 28.2 Å². The van der Waals surface area contributed by atoms with Gasteiger partial charge in [0.05, 0.1) is 0 Å². The van der Waals surface area contributed by atoms with E-state index in [9.17, 15) is 0 Å². The molecule has 1 aromatic carbocycles. The van der Waals surface area contributed by atoms with Crippen LogP contribution in [0.5, 0.6) is 0 Å². The second-order valence-corrected chi connectivity index (χ2v) is 4.91. The van der Waals surface area contributed by atoms with Crippen molar-refractivity contribution >= 4 is 33.7 Å². The van der Waals surface area contributed by atoms with Gasteiger partial charge in [0.25, 0.3) is 0 Å². The molecule has 0 bridgehead atoms. The van der Waals surface area contributed by atoms with E-state index in [1.165, 1.54) is 5.39 Å². The molecule has 0 unspecified atom stereocenters. The molecule has 0 amide bonds. The van der Waals surface area contributed by atoms with E-state index in [-0.39, 0.29) is 0 Å². The molecule has 4 aromatic rings. The van der Waals surface area contributed by atoms with Crippen LogP contribution in [-0.2, 0) is 0 Å². The largest absolute Gasteiger partial charge is 0.271 e. The third kappa shape index (κ3) is 1.53. The van der Waals surface area contributed by atoms with E-state index in [0.717, 1.165) is 32.9 Å². The van der Waals surface area contributed by atoms with Gasteiger partial charge >= 0.3 is 0 Å². The Morgan fingerprint density at radius 2 is 1.86 bits per heavy atom. The Hall–Kier alpha value is -2.75. The summed E-state index contributed by atoms with van der Waals surface area (Å²) in [5.74, 6) is 0. The van der Waals surface area contributed by atoms with Crippen LogP contribution in [-0.4, -0.2) is 21.4 Å². The molecule has 4 rings (SSSR count). The quantitative estimate of drug-likeness (QED) is 0.493. The van der Waals surface area contributed by atoms with Crippen molar-refractivity contribution in [3.63, 3.8) is 0 Å². The highest BCUT2D eigenvalue weighted by Crippen LogP contribution is 2.18. The summed E-state index contributed by atoms with van der Waals surface area (Å²) in [7, 11) is 1.81. The third-order valence-corrected chi connectivity index (χ3v) is 3.83. The molecule has 0 aliphatic heterocycles. The molecule has 21 heavy (non-hydrogen) atoms. The Kier molecular flexibility index (Phi) is 2.51. The van der Waals surface area contributed by atoms with Gasteiger partial charge in [-0.3, -0.25) is 9.39 Å². The Morgan fingerprint density at radius 3 is 2.62 bits per heavy atom. The Balaban J connectivity index is 2.51. The van der Waals surface area contributed by atoms with Crippen LogP contribution in [0.25, 0.3) is 33.7 Å². The molecule has 3 heterocycles. The zero-order valence-electron chi connectivity index (χ0n) is 11.9. The third-order valence-electron chi connectivity index (χ3n) is 3.83. The van der Waals surface area contributed by atoms with Gasteiger partial charge in [0.15, 0.2) is 5.65 Å². The lowest BCUT2D eigenvalue weighted by atomic mass is 10.1. The Morgan fingerprint density at radius 1 is 1.05 bits per heavy atom. The smallest absolute Gasteiger partial charge is 0.166 e. The van der Waals surface area contributed by atoms with Gasteiger partial charge in [0.2, 0.25) is 0 Å². The molecule has 0 saturated carbocycles. The number of hydrogen-bond acceptors (Lipinski definition) is 3. The van der Waals surface area contributed by atoms with Gasteiger partial charge < -0.3 is 0 Å². The lowest BCUT2D eigenvalue weighted by Crippen LogP contribution is -2.32. The molecule has 4 nitrogen and oxygen atoms in total. The standard InChI is InChI=1S/C17H14N4/c1-3-11-12-7-4-5-8-13(12)16-20-14-9-6-10-19-17(14)21(16)15(11)18-2/h3-10H,1-2H3/b11-3-,18-15?. The fourth-order valence-corrected chi connectivity index (χ4v) is 2.95. The average Bonchev–Trinajstić information content (AvgIpc) is 2.93. The van der Waals surface area contributed by atoms with E-state index >= 15 is 0 Å². The van der Waals surface area contributed by atoms with Gasteiger partial charge in [-0.25, -0.2) is 9.97 Å². The number of benzene rings is 1. The molecular weight excluding hydrogens is 260 g/mol. The molecule has 0 radical (unpaired) electrons. The first-order chi connectivity index (χ1) is 10.3. The number of nitrogens with zero attached hydrogens (tertiary/aromatic N) is 4. The fraction of sp³-hybridized carbons (Fsp3) is 0.118. The number of rotatable bonds is 0. The van der Waals surface area contributed by atoms with Crippen molar-refractivity contribution in [3.8, 4) is 0 Å². The molecule has 0 atom stereocenters. The molecule has 0 N–H and O–H groups in total. The molecule has 0 saturated heterocycles. The molecule has 0 aliphatic rings. The number of aromatic nitrogens is 3. The Labute approximate surface area is 121 Å². The van der Waals surface area contributed by atoms with Gasteiger partial charge in [0.1, 0.15) is 16.7 Å². The van der Waals surface area contributed by atoms with Gasteiger partial charge in [-0.05, 0) is 24.4 Å². The minimum absolute atomic E-state index is 0.849. The predicted molar refractivity (Wildman–Crippen MR) is 84.8 cm³/mol. The lowest BCUT2D eigenvalue weighted by Gasteiger charge is -2.04. The molecule has 0 fully saturated rings. The van der Waals surface area contributed by atoms with Crippen molar-refractivity contribution in [3.05, 3.63) is 53.3 Å². The zero-order valence-corrected chi connectivity index (χ0v) is 11.9. The number of fused-ring (bicyclic) bond motifs is 5. The summed E-state index contributed by atoms with van der Waals surface area (Å²) in [6.07, 6.45) is 3.89. The zero-order chi connectivity index (χ0) is 14.4. The Bertz CT molecular complexity index is 1110. The fourth-order valence-electron chi connectivity index (χ4n) is 2.95. The second kappa shape index (κ2) is 4.38. The van der Waals surface area contributed by atoms with Crippen LogP contribution in [0.15, 0.2) is 47.6 Å². The van der Waals surface area contributed by atoms with Crippen LogP contribution >= 0.6 is 0 Å². The van der Waals surface area contributed by atoms with Crippen molar-refractivity contribution in [1.29, 1.82) is 0 Å². The molecule has 102 valence electrons. The highest BCUT2D eigenvalue weighted by Gasteiger charge is 2.11. The van der Waals surface area contributed by atoms with Crippen molar-refractivity contribution in [1.82, 2.24) is 14.4 Å². The maximum Gasteiger partial charge on any atom is 0.166 e. The molecule has 3 aromatic heterocycles. The van der Waals surface area contributed by atoms with Crippen LogP contribution in [0, 0.1) is 0 Å². The van der Waals surface area contributed by atoms with E-state index < -0.39 is 0 Å². The summed E-state index contributed by atoms with van der Waals surface area (Å²) in [4.78, 5) is 13.7.